The van der Waals surface area contributed by atoms with Gasteiger partial charge in [0.25, 0.3) is 0 Å². The standard InChI is InChI=1S/C17H20F3NO2/c1-2-3-7-21-11-13(6-8-22)16(23)14-5-4-12(9-15(14)21)10-17(18,19)20/h4-5,9,11,22H,2-3,6-8,10H2,1H3. The van der Waals surface area contributed by atoms with Gasteiger partial charge in [-0.05, 0) is 24.1 Å². The molecule has 0 fully saturated rings. The summed E-state index contributed by atoms with van der Waals surface area (Å²) in [4.78, 5) is 12.4. The number of nitrogens with zero attached hydrogens (tertiary/aromatic N) is 1. The first kappa shape index (κ1) is 17.5. The predicted octanol–water partition coefficient (Wildman–Crippen LogP) is 3.44. The van der Waals surface area contributed by atoms with Crippen molar-refractivity contribution in [3.8, 4) is 0 Å². The van der Waals surface area contributed by atoms with Crippen LogP contribution >= 0.6 is 0 Å². The maximum absolute atomic E-state index is 12.6. The molecule has 3 nitrogen and oxygen atoms in total. The number of hydrogen-bond acceptors (Lipinski definition) is 2. The lowest BCUT2D eigenvalue weighted by Crippen LogP contribution is -2.17. The monoisotopic (exact) mass is 327 g/mol. The van der Waals surface area contributed by atoms with Gasteiger partial charge in [-0.15, -0.1) is 0 Å². The summed E-state index contributed by atoms with van der Waals surface area (Å²) in [6, 6.07) is 4.26. The van der Waals surface area contributed by atoms with E-state index >= 15 is 0 Å². The summed E-state index contributed by atoms with van der Waals surface area (Å²) >= 11 is 0. The maximum atomic E-state index is 12.6. The lowest BCUT2D eigenvalue weighted by atomic mass is 10.0. The molecule has 0 aliphatic rings. The van der Waals surface area contributed by atoms with Crippen LogP contribution in [0.2, 0.25) is 0 Å². The van der Waals surface area contributed by atoms with Gasteiger partial charge in [0.1, 0.15) is 0 Å². The van der Waals surface area contributed by atoms with Gasteiger partial charge in [-0.1, -0.05) is 19.4 Å². The normalized spacial score (nSPS) is 12.0. The number of rotatable bonds is 6. The van der Waals surface area contributed by atoms with Crippen LogP contribution in [0.15, 0.2) is 29.2 Å². The van der Waals surface area contributed by atoms with Crippen LogP contribution in [0, 0.1) is 0 Å². The van der Waals surface area contributed by atoms with E-state index in [-0.39, 0.29) is 24.0 Å². The number of aliphatic hydroxyl groups excluding tert-OH is 1. The molecule has 6 heteroatoms. The van der Waals surface area contributed by atoms with E-state index in [4.69, 9.17) is 5.11 Å². The second-order valence-corrected chi connectivity index (χ2v) is 5.65. The van der Waals surface area contributed by atoms with Gasteiger partial charge in [-0.3, -0.25) is 4.79 Å². The maximum Gasteiger partial charge on any atom is 0.393 e. The van der Waals surface area contributed by atoms with E-state index in [1.54, 1.807) is 6.20 Å². The zero-order chi connectivity index (χ0) is 17.0. The van der Waals surface area contributed by atoms with Crippen molar-refractivity contribution in [3.05, 3.63) is 45.7 Å². The number of aromatic nitrogens is 1. The van der Waals surface area contributed by atoms with Gasteiger partial charge in [-0.2, -0.15) is 13.2 Å². The molecule has 0 amide bonds. The summed E-state index contributed by atoms with van der Waals surface area (Å²) < 4.78 is 39.6. The fraction of sp³-hybridized carbons (Fsp3) is 0.471. The highest BCUT2D eigenvalue weighted by atomic mass is 19.4. The molecule has 0 unspecified atom stereocenters. The largest absolute Gasteiger partial charge is 0.396 e. The van der Waals surface area contributed by atoms with E-state index in [1.807, 2.05) is 11.5 Å². The molecule has 2 aromatic rings. The molecule has 0 radical (unpaired) electrons. The fourth-order valence-corrected chi connectivity index (χ4v) is 2.65. The van der Waals surface area contributed by atoms with Crippen LogP contribution < -0.4 is 5.43 Å². The molecular weight excluding hydrogens is 307 g/mol. The molecule has 0 aliphatic carbocycles. The molecule has 23 heavy (non-hydrogen) atoms. The third-order valence-electron chi connectivity index (χ3n) is 3.76. The van der Waals surface area contributed by atoms with Crippen molar-refractivity contribution in [2.24, 2.45) is 0 Å². The predicted molar refractivity (Wildman–Crippen MR) is 83.7 cm³/mol. The lowest BCUT2D eigenvalue weighted by molar-refractivity contribution is -0.127. The van der Waals surface area contributed by atoms with Gasteiger partial charge >= 0.3 is 6.18 Å². The van der Waals surface area contributed by atoms with Crippen molar-refractivity contribution in [3.63, 3.8) is 0 Å². The molecule has 0 saturated heterocycles. The molecule has 0 spiro atoms. The number of unbranched alkanes of at least 4 members (excludes halogenated alkanes) is 1. The van der Waals surface area contributed by atoms with E-state index in [0.717, 1.165) is 12.8 Å². The molecule has 126 valence electrons. The Balaban J connectivity index is 2.58. The Bertz CT molecular complexity index is 735. The molecule has 0 aliphatic heterocycles. The third-order valence-corrected chi connectivity index (χ3v) is 3.76. The molecule has 2 rings (SSSR count). The van der Waals surface area contributed by atoms with Gasteiger partial charge in [0.15, 0.2) is 5.43 Å². The minimum Gasteiger partial charge on any atom is -0.396 e. The summed E-state index contributed by atoms with van der Waals surface area (Å²) in [6.07, 6.45) is -1.59. The molecule has 1 N–H and O–H groups in total. The minimum absolute atomic E-state index is 0.138. The Labute approximate surface area is 132 Å². The van der Waals surface area contributed by atoms with Gasteiger partial charge < -0.3 is 9.67 Å². The average molecular weight is 327 g/mol. The molecular formula is C17H20F3NO2. The highest BCUT2D eigenvalue weighted by Gasteiger charge is 2.27. The SMILES string of the molecule is CCCCn1cc(CCO)c(=O)c2ccc(CC(F)(F)F)cc21. The number of pyridine rings is 1. The topological polar surface area (TPSA) is 42.2 Å². The highest BCUT2D eigenvalue weighted by molar-refractivity contribution is 5.80. The second-order valence-electron chi connectivity index (χ2n) is 5.65. The van der Waals surface area contributed by atoms with Crippen LogP contribution in [-0.4, -0.2) is 22.5 Å². The second kappa shape index (κ2) is 7.17. The van der Waals surface area contributed by atoms with Crippen molar-refractivity contribution in [2.45, 2.75) is 45.3 Å². The average Bonchev–Trinajstić information content (AvgIpc) is 2.47. The summed E-state index contributed by atoms with van der Waals surface area (Å²) in [5.74, 6) is 0. The number of benzene rings is 1. The molecule has 0 atom stereocenters. The summed E-state index contributed by atoms with van der Waals surface area (Å²) in [7, 11) is 0. The van der Waals surface area contributed by atoms with Crippen LogP contribution in [0.3, 0.4) is 0 Å². The quantitative estimate of drug-likeness (QED) is 0.883. The number of alkyl halides is 3. The highest BCUT2D eigenvalue weighted by Crippen LogP contribution is 2.24. The van der Waals surface area contributed by atoms with Crippen LogP contribution in [0.25, 0.3) is 10.9 Å². The number of halogens is 3. The Morgan fingerprint density at radius 1 is 1.26 bits per heavy atom. The van der Waals surface area contributed by atoms with Gasteiger partial charge in [0.2, 0.25) is 0 Å². The van der Waals surface area contributed by atoms with E-state index in [1.165, 1.54) is 18.2 Å². The van der Waals surface area contributed by atoms with Gasteiger partial charge in [0, 0.05) is 36.7 Å². The molecule has 1 aromatic heterocycles. The first-order valence-electron chi connectivity index (χ1n) is 7.68. The van der Waals surface area contributed by atoms with E-state index < -0.39 is 12.6 Å². The Hall–Kier alpha value is -1.82. The van der Waals surface area contributed by atoms with E-state index in [2.05, 4.69) is 0 Å². The van der Waals surface area contributed by atoms with Crippen molar-refractivity contribution < 1.29 is 18.3 Å². The van der Waals surface area contributed by atoms with Crippen LogP contribution in [-0.2, 0) is 19.4 Å². The first-order valence-corrected chi connectivity index (χ1v) is 7.68. The van der Waals surface area contributed by atoms with Crippen LogP contribution in [0.5, 0.6) is 0 Å². The van der Waals surface area contributed by atoms with Crippen molar-refractivity contribution in [1.29, 1.82) is 0 Å². The molecule has 0 saturated carbocycles. The Morgan fingerprint density at radius 2 is 2.00 bits per heavy atom. The number of fused-ring (bicyclic) bond motifs is 1. The lowest BCUT2D eigenvalue weighted by Gasteiger charge is -2.15. The molecule has 0 bridgehead atoms. The Kier molecular flexibility index (Phi) is 5.46. The van der Waals surface area contributed by atoms with Gasteiger partial charge in [0.05, 0.1) is 11.9 Å². The zero-order valence-electron chi connectivity index (χ0n) is 13.0. The summed E-state index contributed by atoms with van der Waals surface area (Å²) in [6.45, 7) is 2.51. The van der Waals surface area contributed by atoms with Crippen molar-refractivity contribution in [1.82, 2.24) is 4.57 Å². The summed E-state index contributed by atoms with van der Waals surface area (Å²) in [5, 5.41) is 9.48. The Morgan fingerprint density at radius 3 is 2.61 bits per heavy atom. The number of aliphatic hydroxyl groups is 1. The third kappa shape index (κ3) is 4.34. The number of hydrogen-bond donors (Lipinski definition) is 1. The minimum atomic E-state index is -4.28. The van der Waals surface area contributed by atoms with Crippen molar-refractivity contribution in [2.75, 3.05) is 6.61 Å². The smallest absolute Gasteiger partial charge is 0.393 e. The van der Waals surface area contributed by atoms with E-state index in [9.17, 15) is 18.0 Å². The zero-order valence-corrected chi connectivity index (χ0v) is 13.0. The van der Waals surface area contributed by atoms with Crippen molar-refractivity contribution >= 4 is 10.9 Å². The fourth-order valence-electron chi connectivity index (χ4n) is 2.65. The number of aryl methyl sites for hydroxylation is 1. The molecule has 1 heterocycles. The van der Waals surface area contributed by atoms with Gasteiger partial charge in [-0.25, -0.2) is 0 Å². The van der Waals surface area contributed by atoms with E-state index in [0.29, 0.717) is 23.0 Å². The first-order chi connectivity index (χ1) is 10.9. The van der Waals surface area contributed by atoms with Crippen LogP contribution in [0.4, 0.5) is 13.2 Å². The molecule has 1 aromatic carbocycles. The van der Waals surface area contributed by atoms with Crippen LogP contribution in [0.1, 0.15) is 30.9 Å². The summed E-state index contributed by atoms with van der Waals surface area (Å²) in [5.41, 5.74) is 0.927.